The summed E-state index contributed by atoms with van der Waals surface area (Å²) in [7, 11) is 0. The first-order chi connectivity index (χ1) is 10.0. The Kier molecular flexibility index (Phi) is 4.63. The van der Waals surface area contributed by atoms with Crippen molar-refractivity contribution in [3.05, 3.63) is 64.7 Å². The van der Waals surface area contributed by atoms with Crippen LogP contribution in [-0.2, 0) is 6.54 Å². The summed E-state index contributed by atoms with van der Waals surface area (Å²) in [5.41, 5.74) is 10.6. The largest absolute Gasteiger partial charge is 0.398 e. The number of para-hydroxylation sites is 1. The quantitative estimate of drug-likeness (QED) is 0.872. The average molecular weight is 282 g/mol. The molecule has 0 aliphatic heterocycles. The maximum Gasteiger partial charge on any atom is 0.254 e. The lowest BCUT2D eigenvalue weighted by atomic mass is 10.1. The van der Waals surface area contributed by atoms with Gasteiger partial charge in [-0.1, -0.05) is 35.4 Å². The zero-order valence-electron chi connectivity index (χ0n) is 12.9. The summed E-state index contributed by atoms with van der Waals surface area (Å²) in [6.45, 7) is 7.19. The molecule has 0 saturated carbocycles. The number of hydrogen-bond donors (Lipinski definition) is 1. The first-order valence-electron chi connectivity index (χ1n) is 7.22. The van der Waals surface area contributed by atoms with Crippen molar-refractivity contribution in [1.82, 2.24) is 4.90 Å². The van der Waals surface area contributed by atoms with Crippen molar-refractivity contribution < 1.29 is 4.79 Å². The molecule has 0 heterocycles. The minimum atomic E-state index is 0.0487. The van der Waals surface area contributed by atoms with Gasteiger partial charge in [0.25, 0.3) is 5.91 Å². The van der Waals surface area contributed by atoms with Crippen LogP contribution in [0.25, 0.3) is 0 Å². The summed E-state index contributed by atoms with van der Waals surface area (Å²) >= 11 is 0. The Hall–Kier alpha value is -2.29. The summed E-state index contributed by atoms with van der Waals surface area (Å²) in [6, 6.07) is 13.6. The molecule has 2 N–H and O–H groups in total. The highest BCUT2D eigenvalue weighted by molar-refractivity contribution is 5.94. The van der Waals surface area contributed by atoms with Crippen molar-refractivity contribution in [1.29, 1.82) is 0 Å². The second kappa shape index (κ2) is 6.44. The number of aryl methyl sites for hydroxylation is 2. The molecule has 110 valence electrons. The Morgan fingerprint density at radius 1 is 1.10 bits per heavy atom. The third-order valence-electron chi connectivity index (χ3n) is 3.55. The number of amides is 1. The van der Waals surface area contributed by atoms with E-state index >= 15 is 0 Å². The van der Waals surface area contributed by atoms with E-state index in [4.69, 9.17) is 5.73 Å². The van der Waals surface area contributed by atoms with Crippen LogP contribution in [0.4, 0.5) is 5.69 Å². The molecule has 0 fully saturated rings. The number of nitrogen functional groups attached to an aromatic ring is 1. The SMILES string of the molecule is CCN(Cc1ccccc1N)C(=O)c1cc(C)cc(C)c1. The Labute approximate surface area is 126 Å². The topological polar surface area (TPSA) is 46.3 Å². The molecule has 0 aromatic heterocycles. The smallest absolute Gasteiger partial charge is 0.254 e. The lowest BCUT2D eigenvalue weighted by Gasteiger charge is -2.22. The number of nitrogens with zero attached hydrogens (tertiary/aromatic N) is 1. The van der Waals surface area contributed by atoms with E-state index < -0.39 is 0 Å². The van der Waals surface area contributed by atoms with Crippen LogP contribution in [0.5, 0.6) is 0 Å². The van der Waals surface area contributed by atoms with Gasteiger partial charge in [-0.3, -0.25) is 4.79 Å². The van der Waals surface area contributed by atoms with Gasteiger partial charge < -0.3 is 10.6 Å². The molecule has 0 aliphatic carbocycles. The highest BCUT2D eigenvalue weighted by Crippen LogP contribution is 2.17. The highest BCUT2D eigenvalue weighted by Gasteiger charge is 2.16. The first kappa shape index (κ1) is 15.1. The molecule has 21 heavy (non-hydrogen) atoms. The number of nitrogens with two attached hydrogens (primary N) is 1. The van der Waals surface area contributed by atoms with E-state index in [0.29, 0.717) is 13.1 Å². The van der Waals surface area contributed by atoms with Gasteiger partial charge in [0.15, 0.2) is 0 Å². The van der Waals surface area contributed by atoms with Crippen LogP contribution in [-0.4, -0.2) is 17.4 Å². The van der Waals surface area contributed by atoms with Crippen LogP contribution < -0.4 is 5.73 Å². The van der Waals surface area contributed by atoms with Crippen molar-refractivity contribution in [2.24, 2.45) is 0 Å². The second-order valence-corrected chi connectivity index (χ2v) is 5.39. The lowest BCUT2D eigenvalue weighted by Crippen LogP contribution is -2.30. The highest BCUT2D eigenvalue weighted by atomic mass is 16.2. The van der Waals surface area contributed by atoms with E-state index in [1.165, 1.54) is 0 Å². The van der Waals surface area contributed by atoms with E-state index in [1.54, 1.807) is 0 Å². The molecule has 3 nitrogen and oxygen atoms in total. The van der Waals surface area contributed by atoms with Crippen molar-refractivity contribution in [2.45, 2.75) is 27.3 Å². The van der Waals surface area contributed by atoms with E-state index in [0.717, 1.165) is 27.9 Å². The molecular weight excluding hydrogens is 260 g/mol. The normalized spacial score (nSPS) is 10.4. The van der Waals surface area contributed by atoms with Crippen LogP contribution in [0.1, 0.15) is 34.0 Å². The number of carbonyl (C=O) groups is 1. The fraction of sp³-hybridized carbons (Fsp3) is 0.278. The second-order valence-electron chi connectivity index (χ2n) is 5.39. The van der Waals surface area contributed by atoms with Crippen molar-refractivity contribution in [3.63, 3.8) is 0 Å². The Bertz CT molecular complexity index is 629. The van der Waals surface area contributed by atoms with Gasteiger partial charge in [-0.2, -0.15) is 0 Å². The Morgan fingerprint density at radius 2 is 1.71 bits per heavy atom. The Balaban J connectivity index is 2.24. The van der Waals surface area contributed by atoms with Crippen molar-refractivity contribution >= 4 is 11.6 Å². The molecule has 3 heteroatoms. The predicted molar refractivity (Wildman–Crippen MR) is 87.2 cm³/mol. The van der Waals surface area contributed by atoms with Crippen LogP contribution in [0.2, 0.25) is 0 Å². The molecule has 0 unspecified atom stereocenters. The number of hydrogen-bond acceptors (Lipinski definition) is 2. The number of carbonyl (C=O) groups excluding carboxylic acids is 1. The Morgan fingerprint density at radius 3 is 2.29 bits per heavy atom. The number of rotatable bonds is 4. The maximum absolute atomic E-state index is 12.7. The standard InChI is InChI=1S/C18H22N2O/c1-4-20(12-15-7-5-6-8-17(15)19)18(21)16-10-13(2)9-14(3)11-16/h5-11H,4,12,19H2,1-3H3. The fourth-order valence-electron chi connectivity index (χ4n) is 2.49. The average Bonchev–Trinajstić information content (AvgIpc) is 2.44. The molecule has 1 amide bonds. The molecule has 0 spiro atoms. The van der Waals surface area contributed by atoms with Gasteiger partial charge in [0, 0.05) is 24.3 Å². The zero-order valence-corrected chi connectivity index (χ0v) is 12.9. The van der Waals surface area contributed by atoms with Crippen molar-refractivity contribution in [2.75, 3.05) is 12.3 Å². The molecule has 0 aliphatic rings. The molecule has 2 aromatic carbocycles. The number of anilines is 1. The fourth-order valence-corrected chi connectivity index (χ4v) is 2.49. The first-order valence-corrected chi connectivity index (χ1v) is 7.22. The van der Waals surface area contributed by atoms with Gasteiger partial charge in [-0.15, -0.1) is 0 Å². The molecule has 2 rings (SSSR count). The van der Waals surface area contributed by atoms with Gasteiger partial charge in [-0.25, -0.2) is 0 Å². The predicted octanol–water partition coefficient (Wildman–Crippen LogP) is 3.55. The summed E-state index contributed by atoms with van der Waals surface area (Å²) in [6.07, 6.45) is 0. The van der Waals surface area contributed by atoms with E-state index in [2.05, 4.69) is 6.07 Å². The molecule has 2 aromatic rings. The summed E-state index contributed by atoms with van der Waals surface area (Å²) in [5.74, 6) is 0.0487. The third kappa shape index (κ3) is 3.63. The maximum atomic E-state index is 12.7. The monoisotopic (exact) mass is 282 g/mol. The summed E-state index contributed by atoms with van der Waals surface area (Å²) < 4.78 is 0. The van der Waals surface area contributed by atoms with Gasteiger partial charge >= 0.3 is 0 Å². The minimum absolute atomic E-state index is 0.0487. The van der Waals surface area contributed by atoms with E-state index in [9.17, 15) is 4.79 Å². The lowest BCUT2D eigenvalue weighted by molar-refractivity contribution is 0.0753. The van der Waals surface area contributed by atoms with Crippen LogP contribution in [0, 0.1) is 13.8 Å². The molecule has 0 radical (unpaired) electrons. The van der Waals surface area contributed by atoms with Crippen LogP contribution >= 0.6 is 0 Å². The van der Waals surface area contributed by atoms with Gasteiger partial charge in [0.1, 0.15) is 0 Å². The van der Waals surface area contributed by atoms with Gasteiger partial charge in [0.2, 0.25) is 0 Å². The summed E-state index contributed by atoms with van der Waals surface area (Å²) in [4.78, 5) is 14.5. The van der Waals surface area contributed by atoms with Crippen molar-refractivity contribution in [3.8, 4) is 0 Å². The van der Waals surface area contributed by atoms with E-state index in [1.807, 2.05) is 62.1 Å². The van der Waals surface area contributed by atoms with Crippen LogP contribution in [0.15, 0.2) is 42.5 Å². The minimum Gasteiger partial charge on any atom is -0.398 e. The van der Waals surface area contributed by atoms with E-state index in [-0.39, 0.29) is 5.91 Å². The zero-order chi connectivity index (χ0) is 15.4. The molecule has 0 saturated heterocycles. The summed E-state index contributed by atoms with van der Waals surface area (Å²) in [5, 5.41) is 0. The molecule has 0 bridgehead atoms. The molecular formula is C18H22N2O. The third-order valence-corrected chi connectivity index (χ3v) is 3.55. The molecule has 0 atom stereocenters. The van der Waals surface area contributed by atoms with Gasteiger partial charge in [-0.05, 0) is 44.5 Å². The van der Waals surface area contributed by atoms with Crippen LogP contribution in [0.3, 0.4) is 0 Å². The van der Waals surface area contributed by atoms with Gasteiger partial charge in [0.05, 0.1) is 0 Å². The number of benzene rings is 2.